The van der Waals surface area contributed by atoms with E-state index in [9.17, 15) is 4.79 Å². The Morgan fingerprint density at radius 2 is 1.60 bits per heavy atom. The monoisotopic (exact) mass is 270 g/mol. The molecule has 0 spiro atoms. The molecule has 0 heterocycles. The molecule has 0 saturated heterocycles. The Morgan fingerprint density at radius 3 is 2.15 bits per heavy atom. The smallest absolute Gasteiger partial charge is 0.196 e. The van der Waals surface area contributed by atoms with E-state index < -0.39 is 0 Å². The molecular formula is C17H18O3. The largest absolute Gasteiger partial charge is 0.496 e. The van der Waals surface area contributed by atoms with Gasteiger partial charge in [0, 0.05) is 5.56 Å². The van der Waals surface area contributed by atoms with Crippen molar-refractivity contribution in [1.29, 1.82) is 0 Å². The van der Waals surface area contributed by atoms with Gasteiger partial charge in [-0.25, -0.2) is 0 Å². The summed E-state index contributed by atoms with van der Waals surface area (Å²) in [6, 6.07) is 10.9. The van der Waals surface area contributed by atoms with Gasteiger partial charge in [-0.3, -0.25) is 4.79 Å². The predicted molar refractivity (Wildman–Crippen MR) is 78.9 cm³/mol. The third-order valence-corrected chi connectivity index (χ3v) is 3.50. The Balaban J connectivity index is 2.61. The summed E-state index contributed by atoms with van der Waals surface area (Å²) in [6.45, 7) is 3.88. The highest BCUT2D eigenvalue weighted by molar-refractivity contribution is 6.11. The fourth-order valence-corrected chi connectivity index (χ4v) is 2.25. The number of methoxy groups -OCH3 is 2. The lowest BCUT2D eigenvalue weighted by Crippen LogP contribution is -2.07. The Morgan fingerprint density at radius 1 is 0.950 bits per heavy atom. The highest BCUT2D eigenvalue weighted by Gasteiger charge is 2.20. The van der Waals surface area contributed by atoms with E-state index in [2.05, 4.69) is 0 Å². The van der Waals surface area contributed by atoms with Gasteiger partial charge in [-0.2, -0.15) is 0 Å². The Kier molecular flexibility index (Phi) is 4.08. The molecule has 0 atom stereocenters. The van der Waals surface area contributed by atoms with E-state index in [0.29, 0.717) is 22.6 Å². The van der Waals surface area contributed by atoms with Gasteiger partial charge in [0.1, 0.15) is 11.5 Å². The molecular weight excluding hydrogens is 252 g/mol. The average molecular weight is 270 g/mol. The van der Waals surface area contributed by atoms with E-state index in [1.807, 2.05) is 32.0 Å². The van der Waals surface area contributed by atoms with Gasteiger partial charge in [-0.05, 0) is 31.0 Å². The summed E-state index contributed by atoms with van der Waals surface area (Å²) in [5.74, 6) is 1.24. The highest BCUT2D eigenvalue weighted by Crippen LogP contribution is 2.34. The van der Waals surface area contributed by atoms with Crippen LogP contribution in [-0.4, -0.2) is 20.0 Å². The van der Waals surface area contributed by atoms with E-state index in [-0.39, 0.29) is 5.78 Å². The van der Waals surface area contributed by atoms with E-state index >= 15 is 0 Å². The molecule has 104 valence electrons. The molecule has 20 heavy (non-hydrogen) atoms. The molecule has 0 aliphatic heterocycles. The van der Waals surface area contributed by atoms with Crippen molar-refractivity contribution in [2.45, 2.75) is 13.8 Å². The summed E-state index contributed by atoms with van der Waals surface area (Å²) in [4.78, 5) is 12.6. The van der Waals surface area contributed by atoms with Crippen molar-refractivity contribution in [2.24, 2.45) is 0 Å². The molecule has 0 amide bonds. The average Bonchev–Trinajstić information content (AvgIpc) is 2.50. The number of ether oxygens (including phenoxy) is 2. The SMILES string of the molecule is COc1cc(C(=O)c2ccccc2)c(OC)c(C)c1C. The first-order valence-corrected chi connectivity index (χ1v) is 6.42. The zero-order valence-corrected chi connectivity index (χ0v) is 12.2. The van der Waals surface area contributed by atoms with E-state index in [0.717, 1.165) is 11.1 Å². The fourth-order valence-electron chi connectivity index (χ4n) is 2.25. The maximum Gasteiger partial charge on any atom is 0.196 e. The maximum atomic E-state index is 12.6. The Labute approximate surface area is 119 Å². The summed E-state index contributed by atoms with van der Waals surface area (Å²) >= 11 is 0. The second-order valence-corrected chi connectivity index (χ2v) is 4.60. The van der Waals surface area contributed by atoms with E-state index in [1.165, 1.54) is 0 Å². The zero-order chi connectivity index (χ0) is 14.7. The Bertz CT molecular complexity index is 630. The fraction of sp³-hybridized carbons (Fsp3) is 0.235. The lowest BCUT2D eigenvalue weighted by Gasteiger charge is -2.16. The molecule has 3 heteroatoms. The first-order chi connectivity index (χ1) is 9.60. The number of carbonyl (C=O) groups is 1. The lowest BCUT2D eigenvalue weighted by molar-refractivity contribution is 0.103. The first-order valence-electron chi connectivity index (χ1n) is 6.42. The van der Waals surface area contributed by atoms with Crippen LogP contribution in [0.2, 0.25) is 0 Å². The molecule has 3 nitrogen and oxygen atoms in total. The van der Waals surface area contributed by atoms with Gasteiger partial charge < -0.3 is 9.47 Å². The molecule has 0 N–H and O–H groups in total. The van der Waals surface area contributed by atoms with Crippen LogP contribution in [0.3, 0.4) is 0 Å². The van der Waals surface area contributed by atoms with Crippen LogP contribution < -0.4 is 9.47 Å². The molecule has 0 aliphatic rings. The van der Waals surface area contributed by atoms with Crippen LogP contribution in [0, 0.1) is 13.8 Å². The molecule has 0 unspecified atom stereocenters. The van der Waals surface area contributed by atoms with Crippen molar-refractivity contribution in [1.82, 2.24) is 0 Å². The maximum absolute atomic E-state index is 12.6. The highest BCUT2D eigenvalue weighted by atomic mass is 16.5. The number of hydrogen-bond donors (Lipinski definition) is 0. The van der Waals surface area contributed by atoms with Crippen LogP contribution in [0.1, 0.15) is 27.0 Å². The van der Waals surface area contributed by atoms with Crippen molar-refractivity contribution < 1.29 is 14.3 Å². The summed E-state index contributed by atoms with van der Waals surface area (Å²) in [5, 5.41) is 0. The van der Waals surface area contributed by atoms with Gasteiger partial charge in [0.25, 0.3) is 0 Å². The molecule has 0 fully saturated rings. The summed E-state index contributed by atoms with van der Waals surface area (Å²) in [7, 11) is 3.18. The minimum absolute atomic E-state index is 0.0659. The van der Waals surface area contributed by atoms with Gasteiger partial charge in [0.05, 0.1) is 19.8 Å². The van der Waals surface area contributed by atoms with Gasteiger partial charge in [0.2, 0.25) is 0 Å². The van der Waals surface area contributed by atoms with Crippen molar-refractivity contribution >= 4 is 5.78 Å². The minimum atomic E-state index is -0.0659. The topological polar surface area (TPSA) is 35.5 Å². The number of benzene rings is 2. The molecule has 0 radical (unpaired) electrons. The van der Waals surface area contributed by atoms with Crippen LogP contribution in [0.25, 0.3) is 0 Å². The normalized spacial score (nSPS) is 10.2. The molecule has 0 aromatic heterocycles. The summed E-state index contributed by atoms with van der Waals surface area (Å²) in [5.41, 5.74) is 3.06. The number of rotatable bonds is 4. The number of ketones is 1. The van der Waals surface area contributed by atoms with Crippen LogP contribution in [0.4, 0.5) is 0 Å². The van der Waals surface area contributed by atoms with Gasteiger partial charge in [-0.15, -0.1) is 0 Å². The predicted octanol–water partition coefficient (Wildman–Crippen LogP) is 3.55. The number of carbonyl (C=O) groups excluding carboxylic acids is 1. The third-order valence-electron chi connectivity index (χ3n) is 3.50. The van der Waals surface area contributed by atoms with Crippen molar-refractivity contribution in [2.75, 3.05) is 14.2 Å². The molecule has 2 aromatic carbocycles. The van der Waals surface area contributed by atoms with Crippen molar-refractivity contribution in [3.05, 3.63) is 58.7 Å². The lowest BCUT2D eigenvalue weighted by atomic mass is 9.97. The number of hydrogen-bond acceptors (Lipinski definition) is 3. The molecule has 2 rings (SSSR count). The minimum Gasteiger partial charge on any atom is -0.496 e. The van der Waals surface area contributed by atoms with Crippen molar-refractivity contribution in [3.8, 4) is 11.5 Å². The van der Waals surface area contributed by atoms with Crippen LogP contribution in [0.15, 0.2) is 36.4 Å². The van der Waals surface area contributed by atoms with Gasteiger partial charge in [0.15, 0.2) is 5.78 Å². The van der Waals surface area contributed by atoms with Crippen LogP contribution in [0.5, 0.6) is 11.5 Å². The Hall–Kier alpha value is -2.29. The summed E-state index contributed by atoms with van der Waals surface area (Å²) < 4.78 is 10.8. The zero-order valence-electron chi connectivity index (χ0n) is 12.2. The van der Waals surface area contributed by atoms with E-state index in [4.69, 9.17) is 9.47 Å². The van der Waals surface area contributed by atoms with Gasteiger partial charge >= 0.3 is 0 Å². The van der Waals surface area contributed by atoms with E-state index in [1.54, 1.807) is 32.4 Å². The first kappa shape index (κ1) is 14.1. The third kappa shape index (κ3) is 2.39. The molecule has 0 bridgehead atoms. The molecule has 0 aliphatic carbocycles. The van der Waals surface area contributed by atoms with Crippen LogP contribution in [-0.2, 0) is 0 Å². The quantitative estimate of drug-likeness (QED) is 0.797. The second-order valence-electron chi connectivity index (χ2n) is 4.60. The molecule has 2 aromatic rings. The van der Waals surface area contributed by atoms with Gasteiger partial charge in [-0.1, -0.05) is 30.3 Å². The molecule has 0 saturated carbocycles. The standard InChI is InChI=1S/C17H18O3/c1-11-12(2)17(20-4)14(10-15(11)19-3)16(18)13-8-6-5-7-9-13/h5-10H,1-4H3. The van der Waals surface area contributed by atoms with Crippen LogP contribution >= 0.6 is 0 Å². The second kappa shape index (κ2) is 5.78. The van der Waals surface area contributed by atoms with Crippen molar-refractivity contribution in [3.63, 3.8) is 0 Å². The summed E-state index contributed by atoms with van der Waals surface area (Å²) in [6.07, 6.45) is 0.